The zero-order valence-electron chi connectivity index (χ0n) is 15.7. The summed E-state index contributed by atoms with van der Waals surface area (Å²) in [6, 6.07) is 6.30. The van der Waals surface area contributed by atoms with E-state index in [4.69, 9.17) is 9.15 Å². The van der Waals surface area contributed by atoms with E-state index < -0.39 is 18.8 Å². The molecule has 10 heteroatoms. The molecule has 0 bridgehead atoms. The Morgan fingerprint density at radius 2 is 2.03 bits per heavy atom. The lowest BCUT2D eigenvalue weighted by Crippen LogP contribution is -2.41. The summed E-state index contributed by atoms with van der Waals surface area (Å²) in [5.41, 5.74) is 0.356. The summed E-state index contributed by atoms with van der Waals surface area (Å²) in [6.45, 7) is 0.768. The normalized spacial score (nSPS) is 15.8. The van der Waals surface area contributed by atoms with Crippen molar-refractivity contribution in [2.45, 2.75) is 31.6 Å². The van der Waals surface area contributed by atoms with Gasteiger partial charge in [0.25, 0.3) is 0 Å². The molecule has 2 amide bonds. The lowest BCUT2D eigenvalue weighted by atomic mass is 10.2. The zero-order chi connectivity index (χ0) is 20.7. The number of urea groups is 1. The zero-order valence-corrected chi connectivity index (χ0v) is 15.7. The van der Waals surface area contributed by atoms with Crippen LogP contribution in [0.5, 0.6) is 5.88 Å². The minimum Gasteiger partial charge on any atom is -0.468 e. The van der Waals surface area contributed by atoms with Gasteiger partial charge < -0.3 is 19.8 Å². The number of ether oxygens (including phenoxy) is 1. The molecule has 0 radical (unpaired) electrons. The van der Waals surface area contributed by atoms with Gasteiger partial charge in [-0.3, -0.25) is 4.90 Å². The highest BCUT2D eigenvalue weighted by Gasteiger charge is 2.29. The second kappa shape index (κ2) is 9.64. The third-order valence-corrected chi connectivity index (χ3v) is 4.57. The average molecular weight is 412 g/mol. The molecule has 0 spiro atoms. The van der Waals surface area contributed by atoms with Gasteiger partial charge in [-0.2, -0.15) is 13.2 Å². The summed E-state index contributed by atoms with van der Waals surface area (Å²) in [5.74, 6) is 0.623. The highest BCUT2D eigenvalue weighted by atomic mass is 19.4. The first-order chi connectivity index (χ1) is 13.9. The van der Waals surface area contributed by atoms with Crippen molar-refractivity contribution in [3.05, 3.63) is 48.0 Å². The Labute approximate surface area is 166 Å². The maximum absolute atomic E-state index is 12.4. The molecule has 0 saturated carbocycles. The van der Waals surface area contributed by atoms with Crippen molar-refractivity contribution in [3.63, 3.8) is 0 Å². The third kappa shape index (κ3) is 6.38. The van der Waals surface area contributed by atoms with E-state index in [1.54, 1.807) is 18.4 Å². The van der Waals surface area contributed by atoms with Crippen LogP contribution in [0, 0.1) is 0 Å². The maximum Gasteiger partial charge on any atom is 0.422 e. The lowest BCUT2D eigenvalue weighted by molar-refractivity contribution is -0.154. The fourth-order valence-electron chi connectivity index (χ4n) is 3.21. The number of alkyl halides is 3. The van der Waals surface area contributed by atoms with Crippen molar-refractivity contribution < 1.29 is 27.1 Å². The van der Waals surface area contributed by atoms with Crippen LogP contribution in [0.2, 0.25) is 0 Å². The van der Waals surface area contributed by atoms with Gasteiger partial charge in [-0.1, -0.05) is 6.07 Å². The quantitative estimate of drug-likeness (QED) is 0.696. The first kappa shape index (κ1) is 21.0. The summed E-state index contributed by atoms with van der Waals surface area (Å²) in [5, 5.41) is 5.43. The van der Waals surface area contributed by atoms with Crippen molar-refractivity contribution >= 4 is 6.03 Å². The Bertz CT molecular complexity index is 777. The number of nitrogens with zero attached hydrogens (tertiary/aromatic N) is 2. The molecule has 2 aromatic rings. The minimum absolute atomic E-state index is 0.0119. The summed E-state index contributed by atoms with van der Waals surface area (Å²) in [6.07, 6.45) is 0.675. The number of aromatic nitrogens is 1. The first-order valence-electron chi connectivity index (χ1n) is 9.35. The fourth-order valence-corrected chi connectivity index (χ4v) is 3.21. The SMILES string of the molecule is O=C(NCc1cccnc1OCC(F)(F)F)NCC(c1ccco1)N1CCCC1. The lowest BCUT2D eigenvalue weighted by Gasteiger charge is -2.26. The molecule has 3 rings (SSSR count). The van der Waals surface area contributed by atoms with Crippen molar-refractivity contribution in [1.82, 2.24) is 20.5 Å². The minimum atomic E-state index is -4.46. The van der Waals surface area contributed by atoms with Crippen molar-refractivity contribution in [2.24, 2.45) is 0 Å². The molecule has 0 aliphatic carbocycles. The van der Waals surface area contributed by atoms with Crippen LogP contribution in [0.15, 0.2) is 41.1 Å². The summed E-state index contributed by atoms with van der Waals surface area (Å²) in [7, 11) is 0. The van der Waals surface area contributed by atoms with Crippen LogP contribution in [-0.2, 0) is 6.54 Å². The molecule has 1 fully saturated rings. The molecule has 158 valence electrons. The number of likely N-dealkylation sites (tertiary alicyclic amines) is 1. The van der Waals surface area contributed by atoms with Gasteiger partial charge in [0, 0.05) is 24.8 Å². The number of furan rings is 1. The van der Waals surface area contributed by atoms with E-state index >= 15 is 0 Å². The Balaban J connectivity index is 1.52. The predicted octanol–water partition coefficient (Wildman–Crippen LogP) is 3.25. The molecule has 1 unspecified atom stereocenters. The van der Waals surface area contributed by atoms with Crippen LogP contribution >= 0.6 is 0 Å². The molecule has 1 saturated heterocycles. The van der Waals surface area contributed by atoms with Crippen LogP contribution < -0.4 is 15.4 Å². The van der Waals surface area contributed by atoms with Gasteiger partial charge in [-0.15, -0.1) is 0 Å². The van der Waals surface area contributed by atoms with Crippen LogP contribution in [0.3, 0.4) is 0 Å². The molecule has 3 heterocycles. The monoisotopic (exact) mass is 412 g/mol. The van der Waals surface area contributed by atoms with Gasteiger partial charge in [-0.05, 0) is 44.1 Å². The molecular weight excluding hydrogens is 389 g/mol. The number of nitrogens with one attached hydrogen (secondary N) is 2. The van der Waals surface area contributed by atoms with Gasteiger partial charge in [0.15, 0.2) is 6.61 Å². The highest BCUT2D eigenvalue weighted by Crippen LogP contribution is 2.25. The highest BCUT2D eigenvalue weighted by molar-refractivity contribution is 5.73. The fraction of sp³-hybridized carbons (Fsp3) is 0.474. The smallest absolute Gasteiger partial charge is 0.422 e. The van der Waals surface area contributed by atoms with Crippen molar-refractivity contribution in [2.75, 3.05) is 26.2 Å². The van der Waals surface area contributed by atoms with E-state index in [2.05, 4.69) is 20.5 Å². The number of halogens is 3. The molecule has 29 heavy (non-hydrogen) atoms. The Kier molecular flexibility index (Phi) is 6.97. The van der Waals surface area contributed by atoms with Gasteiger partial charge in [0.2, 0.25) is 5.88 Å². The number of rotatable bonds is 8. The topological polar surface area (TPSA) is 79.6 Å². The Hall–Kier alpha value is -2.75. The molecule has 7 nitrogen and oxygen atoms in total. The number of hydrogen-bond donors (Lipinski definition) is 2. The number of amides is 2. The van der Waals surface area contributed by atoms with E-state index in [-0.39, 0.29) is 18.5 Å². The molecule has 0 aromatic carbocycles. The van der Waals surface area contributed by atoms with Gasteiger partial charge >= 0.3 is 12.2 Å². The van der Waals surface area contributed by atoms with E-state index in [0.717, 1.165) is 31.7 Å². The standard InChI is InChI=1S/C19H23F3N4O3/c20-19(21,22)13-29-17-14(5-3-7-23-17)11-24-18(27)25-12-15(16-6-4-10-28-16)26-8-1-2-9-26/h3-7,10,15H,1-2,8-9,11-13H2,(H2,24,25,27). The second-order valence-corrected chi connectivity index (χ2v) is 6.71. The van der Waals surface area contributed by atoms with Crippen LogP contribution in [-0.4, -0.2) is 48.3 Å². The molecule has 1 aliphatic rings. The van der Waals surface area contributed by atoms with Gasteiger partial charge in [-0.25, -0.2) is 9.78 Å². The van der Waals surface area contributed by atoms with Crippen LogP contribution in [0.25, 0.3) is 0 Å². The number of carbonyl (C=O) groups is 1. The van der Waals surface area contributed by atoms with E-state index in [1.165, 1.54) is 6.20 Å². The summed E-state index contributed by atoms with van der Waals surface area (Å²) >= 11 is 0. The van der Waals surface area contributed by atoms with E-state index in [9.17, 15) is 18.0 Å². The molecule has 1 aliphatic heterocycles. The second-order valence-electron chi connectivity index (χ2n) is 6.71. The summed E-state index contributed by atoms with van der Waals surface area (Å²) in [4.78, 5) is 18.3. The van der Waals surface area contributed by atoms with Crippen molar-refractivity contribution in [3.8, 4) is 5.88 Å². The Morgan fingerprint density at radius 3 is 2.72 bits per heavy atom. The van der Waals surface area contributed by atoms with Crippen LogP contribution in [0.1, 0.15) is 30.2 Å². The van der Waals surface area contributed by atoms with Crippen LogP contribution in [0.4, 0.5) is 18.0 Å². The number of carbonyl (C=O) groups excluding carboxylic acids is 1. The predicted molar refractivity (Wildman–Crippen MR) is 98.3 cm³/mol. The van der Waals surface area contributed by atoms with Gasteiger partial charge in [0.05, 0.1) is 12.3 Å². The van der Waals surface area contributed by atoms with E-state index in [0.29, 0.717) is 12.1 Å². The average Bonchev–Trinajstić information content (AvgIpc) is 3.39. The maximum atomic E-state index is 12.4. The van der Waals surface area contributed by atoms with Gasteiger partial charge in [0.1, 0.15) is 5.76 Å². The number of hydrogen-bond acceptors (Lipinski definition) is 5. The summed E-state index contributed by atoms with van der Waals surface area (Å²) < 4.78 is 47.3. The molecule has 2 aromatic heterocycles. The largest absolute Gasteiger partial charge is 0.468 e. The third-order valence-electron chi connectivity index (χ3n) is 4.57. The first-order valence-corrected chi connectivity index (χ1v) is 9.35. The molecule has 2 N–H and O–H groups in total. The van der Waals surface area contributed by atoms with E-state index in [1.807, 2.05) is 12.1 Å². The molecule has 1 atom stereocenters. The molecular formula is C19H23F3N4O3. The van der Waals surface area contributed by atoms with Crippen molar-refractivity contribution in [1.29, 1.82) is 0 Å². The Morgan fingerprint density at radius 1 is 1.24 bits per heavy atom. The number of pyridine rings is 1.